The van der Waals surface area contributed by atoms with E-state index in [1.54, 1.807) is 11.8 Å². The van der Waals surface area contributed by atoms with Crippen LogP contribution >= 0.6 is 11.8 Å². The second-order valence-corrected chi connectivity index (χ2v) is 8.68. The van der Waals surface area contributed by atoms with E-state index in [0.717, 1.165) is 49.4 Å². The van der Waals surface area contributed by atoms with Gasteiger partial charge in [-0.1, -0.05) is 62.4 Å². The summed E-state index contributed by atoms with van der Waals surface area (Å²) >= 11 is 1.66. The number of aryl methyl sites for hydroxylation is 2. The lowest BCUT2D eigenvalue weighted by atomic mass is 10.0. The topological polar surface area (TPSA) is 67.1 Å². The Bertz CT molecular complexity index is 766. The summed E-state index contributed by atoms with van der Waals surface area (Å²) in [5.41, 5.74) is 2.63. The summed E-state index contributed by atoms with van der Waals surface area (Å²) in [7, 11) is 1.82. The highest BCUT2D eigenvalue weighted by molar-refractivity contribution is 7.98. The number of nitrogens with zero attached hydrogens (tertiary/aromatic N) is 4. The molecule has 1 atom stereocenters. The number of aromatic nitrogens is 3. The van der Waals surface area contributed by atoms with Gasteiger partial charge in [-0.15, -0.1) is 10.2 Å². The number of guanidine groups is 1. The van der Waals surface area contributed by atoms with Crippen LogP contribution in [0.2, 0.25) is 0 Å². The number of hydrogen-bond donors (Lipinski definition) is 2. The van der Waals surface area contributed by atoms with Crippen molar-refractivity contribution in [1.29, 1.82) is 0 Å². The van der Waals surface area contributed by atoms with Crippen molar-refractivity contribution in [2.24, 2.45) is 10.9 Å². The normalized spacial score (nSPS) is 13.0. The third-order valence-corrected chi connectivity index (χ3v) is 5.51. The molecule has 2 N–H and O–H groups in total. The number of thioether (sulfide) groups is 1. The van der Waals surface area contributed by atoms with Gasteiger partial charge in [-0.3, -0.25) is 4.99 Å². The molecule has 0 saturated heterocycles. The number of rotatable bonds is 10. The maximum Gasteiger partial charge on any atom is 0.190 e. The van der Waals surface area contributed by atoms with E-state index >= 15 is 0 Å². The number of aliphatic imine (C=N–C) groups is 1. The second kappa shape index (κ2) is 11.9. The van der Waals surface area contributed by atoms with E-state index in [9.17, 15) is 0 Å². The molecule has 29 heavy (non-hydrogen) atoms. The molecule has 6 nitrogen and oxygen atoms in total. The molecule has 1 unspecified atom stereocenters. The van der Waals surface area contributed by atoms with Crippen LogP contribution in [0.25, 0.3) is 0 Å². The minimum absolute atomic E-state index is 0.425. The fraction of sp³-hybridized carbons (Fsp3) is 0.591. The number of benzene rings is 1. The average molecular weight is 417 g/mol. The first kappa shape index (κ1) is 23.3. The minimum Gasteiger partial charge on any atom is -0.356 e. The van der Waals surface area contributed by atoms with Crippen LogP contribution in [0, 0.1) is 12.8 Å². The summed E-state index contributed by atoms with van der Waals surface area (Å²) in [5.74, 6) is 2.92. The van der Waals surface area contributed by atoms with Crippen molar-refractivity contribution in [3.63, 3.8) is 0 Å². The third kappa shape index (κ3) is 7.38. The molecule has 0 radical (unpaired) electrons. The van der Waals surface area contributed by atoms with Crippen molar-refractivity contribution >= 4 is 17.7 Å². The summed E-state index contributed by atoms with van der Waals surface area (Å²) in [6.07, 6.45) is 3.95. The lowest BCUT2D eigenvalue weighted by Gasteiger charge is -2.17. The SMILES string of the molecule is CN=C(NCCCc1nnc(SC)n1CC(C)C)NCC(C)c1ccc(C)cc1. The van der Waals surface area contributed by atoms with E-state index in [2.05, 4.69) is 88.6 Å². The lowest BCUT2D eigenvalue weighted by molar-refractivity contribution is 0.477. The van der Waals surface area contributed by atoms with Crippen molar-refractivity contribution < 1.29 is 0 Å². The molecule has 1 aromatic heterocycles. The predicted molar refractivity (Wildman–Crippen MR) is 124 cm³/mol. The van der Waals surface area contributed by atoms with Gasteiger partial charge in [0.1, 0.15) is 5.82 Å². The first-order valence-corrected chi connectivity index (χ1v) is 11.6. The maximum atomic E-state index is 4.39. The number of hydrogen-bond acceptors (Lipinski definition) is 4. The van der Waals surface area contributed by atoms with Crippen LogP contribution in [0.5, 0.6) is 0 Å². The smallest absolute Gasteiger partial charge is 0.190 e. The van der Waals surface area contributed by atoms with Gasteiger partial charge in [-0.2, -0.15) is 0 Å². The van der Waals surface area contributed by atoms with Gasteiger partial charge >= 0.3 is 0 Å². The summed E-state index contributed by atoms with van der Waals surface area (Å²) in [6.45, 7) is 11.5. The molecule has 2 rings (SSSR count). The molecule has 0 fully saturated rings. The molecular weight excluding hydrogens is 380 g/mol. The van der Waals surface area contributed by atoms with E-state index in [-0.39, 0.29) is 0 Å². The zero-order valence-corrected chi connectivity index (χ0v) is 19.5. The Morgan fingerprint density at radius 3 is 2.48 bits per heavy atom. The molecule has 0 saturated carbocycles. The zero-order chi connectivity index (χ0) is 21.2. The molecule has 0 aliphatic heterocycles. The van der Waals surface area contributed by atoms with Gasteiger partial charge in [0.15, 0.2) is 11.1 Å². The molecule has 160 valence electrons. The summed E-state index contributed by atoms with van der Waals surface area (Å²) in [6, 6.07) is 8.74. The van der Waals surface area contributed by atoms with E-state index in [1.165, 1.54) is 11.1 Å². The molecule has 2 aromatic rings. The monoisotopic (exact) mass is 416 g/mol. The van der Waals surface area contributed by atoms with Gasteiger partial charge in [-0.05, 0) is 37.0 Å². The van der Waals surface area contributed by atoms with E-state index in [4.69, 9.17) is 0 Å². The summed E-state index contributed by atoms with van der Waals surface area (Å²) in [4.78, 5) is 4.34. The first-order chi connectivity index (χ1) is 13.9. The Hall–Kier alpha value is -2.02. The van der Waals surface area contributed by atoms with Crippen molar-refractivity contribution in [1.82, 2.24) is 25.4 Å². The van der Waals surface area contributed by atoms with Crippen molar-refractivity contribution in [2.45, 2.75) is 58.2 Å². The van der Waals surface area contributed by atoms with Crippen LogP contribution < -0.4 is 10.6 Å². The predicted octanol–water partition coefficient (Wildman–Crippen LogP) is 3.87. The van der Waals surface area contributed by atoms with Gasteiger partial charge < -0.3 is 15.2 Å². The highest BCUT2D eigenvalue weighted by Gasteiger charge is 2.12. The van der Waals surface area contributed by atoms with Crippen molar-refractivity contribution in [3.05, 3.63) is 41.2 Å². The Kier molecular flexibility index (Phi) is 9.51. The van der Waals surface area contributed by atoms with Crippen LogP contribution in [0.15, 0.2) is 34.4 Å². The molecule has 7 heteroatoms. The van der Waals surface area contributed by atoms with Gasteiger partial charge in [0.2, 0.25) is 0 Å². The van der Waals surface area contributed by atoms with Crippen LogP contribution in [0.1, 0.15) is 50.1 Å². The van der Waals surface area contributed by atoms with E-state index < -0.39 is 0 Å². The highest BCUT2D eigenvalue weighted by Crippen LogP contribution is 2.17. The fourth-order valence-electron chi connectivity index (χ4n) is 3.14. The quantitative estimate of drug-likeness (QED) is 0.266. The fourth-order valence-corrected chi connectivity index (χ4v) is 3.66. The van der Waals surface area contributed by atoms with E-state index in [1.807, 2.05) is 7.05 Å². The summed E-state index contributed by atoms with van der Waals surface area (Å²) in [5, 5.41) is 16.6. The zero-order valence-electron chi connectivity index (χ0n) is 18.7. The standard InChI is InChI=1S/C22H36N6S/c1-16(2)15-28-20(26-27-22(28)29-6)8-7-13-24-21(23-5)25-14-18(4)19-11-9-17(3)10-12-19/h9-12,16,18H,7-8,13-15H2,1-6H3,(H2,23,24,25). The Morgan fingerprint density at radius 1 is 1.14 bits per heavy atom. The maximum absolute atomic E-state index is 4.39. The summed E-state index contributed by atoms with van der Waals surface area (Å²) < 4.78 is 2.26. The molecular formula is C22H36N6S. The van der Waals surface area contributed by atoms with Crippen molar-refractivity contribution in [2.75, 3.05) is 26.4 Å². The van der Waals surface area contributed by atoms with Gasteiger partial charge in [0.05, 0.1) is 0 Å². The Balaban J connectivity index is 1.77. The molecule has 0 spiro atoms. The molecule has 1 aromatic carbocycles. The number of nitrogens with one attached hydrogen (secondary N) is 2. The average Bonchev–Trinajstić information content (AvgIpc) is 3.08. The van der Waals surface area contributed by atoms with Crippen molar-refractivity contribution in [3.8, 4) is 0 Å². The first-order valence-electron chi connectivity index (χ1n) is 10.4. The van der Waals surface area contributed by atoms with Gasteiger partial charge in [0, 0.05) is 33.1 Å². The Labute approximate surface area is 180 Å². The third-order valence-electron chi connectivity index (χ3n) is 4.84. The van der Waals surface area contributed by atoms with Crippen LogP contribution in [0.3, 0.4) is 0 Å². The minimum atomic E-state index is 0.425. The second-order valence-electron chi connectivity index (χ2n) is 7.90. The van der Waals surface area contributed by atoms with Gasteiger partial charge in [-0.25, -0.2) is 0 Å². The Morgan fingerprint density at radius 2 is 1.86 bits per heavy atom. The van der Waals surface area contributed by atoms with Crippen LogP contribution in [-0.2, 0) is 13.0 Å². The van der Waals surface area contributed by atoms with E-state index in [0.29, 0.717) is 11.8 Å². The highest BCUT2D eigenvalue weighted by atomic mass is 32.2. The lowest BCUT2D eigenvalue weighted by Crippen LogP contribution is -2.39. The van der Waals surface area contributed by atoms with Crippen LogP contribution in [-0.4, -0.2) is 47.1 Å². The molecule has 0 amide bonds. The molecule has 0 aliphatic rings. The van der Waals surface area contributed by atoms with Gasteiger partial charge in [0.25, 0.3) is 0 Å². The molecule has 1 heterocycles. The molecule has 0 bridgehead atoms. The largest absolute Gasteiger partial charge is 0.356 e. The molecule has 0 aliphatic carbocycles. The van der Waals surface area contributed by atoms with Crippen LogP contribution in [0.4, 0.5) is 0 Å².